The van der Waals surface area contributed by atoms with Crippen molar-refractivity contribution in [1.29, 1.82) is 0 Å². The molecule has 0 aromatic heterocycles. The number of amides is 1. The molecule has 1 saturated heterocycles. The molecule has 1 spiro atoms. The Hall–Kier alpha value is -0.960. The molecule has 15 heavy (non-hydrogen) atoms. The van der Waals surface area contributed by atoms with Crippen molar-refractivity contribution in [3.8, 4) is 0 Å². The van der Waals surface area contributed by atoms with E-state index in [1.54, 1.807) is 0 Å². The predicted molar refractivity (Wildman–Crippen MR) is 63.1 cm³/mol. The number of nitrogens with one attached hydrogen (secondary N) is 1. The third kappa shape index (κ3) is 1.22. The lowest BCUT2D eigenvalue weighted by atomic mass is 9.93. The van der Waals surface area contributed by atoms with Gasteiger partial charge in [0.25, 0.3) is 0 Å². The van der Waals surface area contributed by atoms with Gasteiger partial charge >= 0.3 is 0 Å². The van der Waals surface area contributed by atoms with Gasteiger partial charge < -0.3 is 5.32 Å². The van der Waals surface area contributed by atoms with Crippen LogP contribution in [0, 0.1) is 0 Å². The van der Waals surface area contributed by atoms with Gasteiger partial charge in [0.2, 0.25) is 5.91 Å². The Morgan fingerprint density at radius 3 is 2.93 bits per heavy atom. The molecule has 1 aromatic carbocycles. The van der Waals surface area contributed by atoms with Crippen molar-refractivity contribution in [2.45, 2.75) is 24.0 Å². The smallest absolute Gasteiger partial charge is 0.245 e. The molecule has 2 nitrogen and oxygen atoms in total. The van der Waals surface area contributed by atoms with Crippen LogP contribution in [0.3, 0.4) is 0 Å². The molecule has 0 aliphatic carbocycles. The maximum absolute atomic E-state index is 12.1. The Morgan fingerprint density at radius 1 is 1.27 bits per heavy atom. The Kier molecular flexibility index (Phi) is 2.02. The van der Waals surface area contributed by atoms with Gasteiger partial charge in [0.1, 0.15) is 4.75 Å². The molecule has 1 aromatic rings. The van der Waals surface area contributed by atoms with Gasteiger partial charge in [-0.1, -0.05) is 24.6 Å². The number of carbonyl (C=O) groups excluding carboxylic acids is 1. The molecule has 3 rings (SSSR count). The third-order valence-electron chi connectivity index (χ3n) is 3.25. The molecule has 0 bridgehead atoms. The largest absolute Gasteiger partial charge is 0.324 e. The highest BCUT2D eigenvalue weighted by Gasteiger charge is 2.47. The van der Waals surface area contributed by atoms with Crippen molar-refractivity contribution < 1.29 is 4.79 Å². The molecule has 1 N–H and O–H groups in total. The minimum absolute atomic E-state index is 0.188. The number of anilines is 1. The fourth-order valence-electron chi connectivity index (χ4n) is 2.48. The van der Waals surface area contributed by atoms with Gasteiger partial charge in [0, 0.05) is 11.3 Å². The second kappa shape index (κ2) is 3.27. The summed E-state index contributed by atoms with van der Waals surface area (Å²) in [5.41, 5.74) is 2.21. The quantitative estimate of drug-likeness (QED) is 0.727. The van der Waals surface area contributed by atoms with Crippen LogP contribution < -0.4 is 5.32 Å². The van der Waals surface area contributed by atoms with E-state index < -0.39 is 0 Å². The van der Waals surface area contributed by atoms with Crippen molar-refractivity contribution in [3.63, 3.8) is 0 Å². The van der Waals surface area contributed by atoms with Crippen molar-refractivity contribution in [2.24, 2.45) is 0 Å². The van der Waals surface area contributed by atoms with E-state index in [9.17, 15) is 4.79 Å². The van der Waals surface area contributed by atoms with Gasteiger partial charge in [0.05, 0.1) is 0 Å². The van der Waals surface area contributed by atoms with E-state index in [2.05, 4.69) is 11.4 Å². The fourth-order valence-corrected chi connectivity index (χ4v) is 3.98. The van der Waals surface area contributed by atoms with Gasteiger partial charge in [-0.2, -0.15) is 0 Å². The van der Waals surface area contributed by atoms with Gasteiger partial charge in [0.15, 0.2) is 0 Å². The lowest BCUT2D eigenvalue weighted by Crippen LogP contribution is -2.33. The summed E-state index contributed by atoms with van der Waals surface area (Å²) < 4.78 is -0.269. The number of hydrogen-bond donors (Lipinski definition) is 1. The first-order valence-electron chi connectivity index (χ1n) is 5.38. The van der Waals surface area contributed by atoms with Crippen molar-refractivity contribution in [1.82, 2.24) is 0 Å². The molecule has 1 fully saturated rings. The summed E-state index contributed by atoms with van der Waals surface area (Å²) in [6.45, 7) is 0. The Balaban J connectivity index is 2.11. The Bertz CT molecular complexity index is 410. The van der Waals surface area contributed by atoms with Crippen molar-refractivity contribution in [2.75, 3.05) is 11.1 Å². The SMILES string of the molecule is O=C1Nc2ccccc2C12CCCCS2. The summed E-state index contributed by atoms with van der Waals surface area (Å²) in [4.78, 5) is 12.1. The molecule has 78 valence electrons. The number of hydrogen-bond acceptors (Lipinski definition) is 2. The number of para-hydroxylation sites is 1. The first kappa shape index (κ1) is 9.28. The Labute approximate surface area is 93.4 Å². The second-order valence-electron chi connectivity index (χ2n) is 4.13. The molecule has 2 aliphatic rings. The van der Waals surface area contributed by atoms with Crippen LogP contribution in [0.15, 0.2) is 24.3 Å². The van der Waals surface area contributed by atoms with Crippen LogP contribution in [-0.4, -0.2) is 11.7 Å². The topological polar surface area (TPSA) is 29.1 Å². The van der Waals surface area contributed by atoms with E-state index in [1.807, 2.05) is 30.0 Å². The predicted octanol–water partition coefficient (Wildman–Crippen LogP) is 2.75. The summed E-state index contributed by atoms with van der Waals surface area (Å²) >= 11 is 1.81. The summed E-state index contributed by atoms with van der Waals surface area (Å²) in [6, 6.07) is 8.09. The fraction of sp³-hybridized carbons (Fsp3) is 0.417. The monoisotopic (exact) mass is 219 g/mol. The zero-order valence-corrected chi connectivity index (χ0v) is 9.27. The van der Waals surface area contributed by atoms with Crippen LogP contribution in [0.5, 0.6) is 0 Å². The lowest BCUT2D eigenvalue weighted by molar-refractivity contribution is -0.118. The van der Waals surface area contributed by atoms with E-state index in [4.69, 9.17) is 0 Å². The third-order valence-corrected chi connectivity index (χ3v) is 4.84. The number of rotatable bonds is 0. The first-order valence-corrected chi connectivity index (χ1v) is 6.36. The summed E-state index contributed by atoms with van der Waals surface area (Å²) in [5.74, 6) is 1.29. The van der Waals surface area contributed by atoms with Crippen LogP contribution in [0.25, 0.3) is 0 Å². The number of thioether (sulfide) groups is 1. The van der Waals surface area contributed by atoms with Crippen LogP contribution in [-0.2, 0) is 9.54 Å². The molecular formula is C12H13NOS. The number of fused-ring (bicyclic) bond motifs is 2. The first-order chi connectivity index (χ1) is 7.33. The van der Waals surface area contributed by atoms with Gasteiger partial charge in [-0.05, 0) is 24.7 Å². The molecule has 1 atom stereocenters. The molecule has 2 aliphatic heterocycles. The number of benzene rings is 1. The molecule has 0 saturated carbocycles. The lowest BCUT2D eigenvalue weighted by Gasteiger charge is -2.30. The second-order valence-corrected chi connectivity index (χ2v) is 5.53. The zero-order chi connectivity index (χ0) is 10.3. The van der Waals surface area contributed by atoms with Crippen LogP contribution >= 0.6 is 11.8 Å². The van der Waals surface area contributed by atoms with Gasteiger partial charge in [-0.25, -0.2) is 0 Å². The minimum Gasteiger partial charge on any atom is -0.324 e. The van der Waals surface area contributed by atoms with E-state index in [1.165, 1.54) is 12.0 Å². The normalized spacial score (nSPS) is 28.9. The Morgan fingerprint density at radius 2 is 2.13 bits per heavy atom. The molecule has 3 heteroatoms. The zero-order valence-electron chi connectivity index (χ0n) is 8.45. The van der Waals surface area contributed by atoms with E-state index in [0.29, 0.717) is 0 Å². The average molecular weight is 219 g/mol. The van der Waals surface area contributed by atoms with Crippen molar-refractivity contribution >= 4 is 23.4 Å². The van der Waals surface area contributed by atoms with Gasteiger partial charge in [-0.3, -0.25) is 4.79 Å². The van der Waals surface area contributed by atoms with Gasteiger partial charge in [-0.15, -0.1) is 11.8 Å². The molecule has 1 unspecified atom stereocenters. The van der Waals surface area contributed by atoms with Crippen LogP contribution in [0.4, 0.5) is 5.69 Å². The highest BCUT2D eigenvalue weighted by Crippen LogP contribution is 2.51. The maximum Gasteiger partial charge on any atom is 0.245 e. The summed E-state index contributed by atoms with van der Waals surface area (Å²) in [6.07, 6.45) is 3.39. The van der Waals surface area contributed by atoms with Crippen LogP contribution in [0.1, 0.15) is 24.8 Å². The number of carbonyl (C=O) groups is 1. The van der Waals surface area contributed by atoms with E-state index in [-0.39, 0.29) is 10.7 Å². The van der Waals surface area contributed by atoms with Crippen LogP contribution in [0.2, 0.25) is 0 Å². The summed E-state index contributed by atoms with van der Waals surface area (Å²) in [5, 5.41) is 3.00. The van der Waals surface area contributed by atoms with E-state index in [0.717, 1.165) is 24.3 Å². The standard InChI is InChI=1S/C12H13NOS/c14-11-12(7-3-4-8-15-12)9-5-1-2-6-10(9)13-11/h1-2,5-6H,3-4,7-8H2,(H,13,14). The maximum atomic E-state index is 12.1. The highest BCUT2D eigenvalue weighted by atomic mass is 32.2. The molecule has 2 heterocycles. The highest BCUT2D eigenvalue weighted by molar-refractivity contribution is 8.01. The van der Waals surface area contributed by atoms with Crippen molar-refractivity contribution in [3.05, 3.63) is 29.8 Å². The molecule has 0 radical (unpaired) electrons. The average Bonchev–Trinajstić information content (AvgIpc) is 2.55. The molecular weight excluding hydrogens is 206 g/mol. The minimum atomic E-state index is -0.269. The van der Waals surface area contributed by atoms with E-state index >= 15 is 0 Å². The summed E-state index contributed by atoms with van der Waals surface area (Å²) in [7, 11) is 0. The molecule has 1 amide bonds.